The van der Waals surface area contributed by atoms with Crippen LogP contribution < -0.4 is 10.1 Å². The van der Waals surface area contributed by atoms with Crippen molar-refractivity contribution >= 4 is 29.1 Å². The van der Waals surface area contributed by atoms with Gasteiger partial charge < -0.3 is 10.1 Å². The zero-order chi connectivity index (χ0) is 15.9. The van der Waals surface area contributed by atoms with Gasteiger partial charge in [0.15, 0.2) is 6.10 Å². The average molecular weight is 342 g/mol. The quantitative estimate of drug-likeness (QED) is 0.757. The Kier molecular flexibility index (Phi) is 6.59. The number of hydrogen-bond donors (Lipinski definition) is 1. The molecule has 0 saturated carbocycles. The third kappa shape index (κ3) is 5.22. The van der Waals surface area contributed by atoms with Gasteiger partial charge in [0.05, 0.1) is 5.02 Å². The molecular formula is C17H21Cl2NO2. The summed E-state index contributed by atoms with van der Waals surface area (Å²) in [7, 11) is 0. The summed E-state index contributed by atoms with van der Waals surface area (Å²) in [5.74, 6) is 0.325. The molecular weight excluding hydrogens is 321 g/mol. The normalized spacial score (nSPS) is 15.9. The van der Waals surface area contributed by atoms with Gasteiger partial charge in [-0.15, -0.1) is 0 Å². The number of rotatable bonds is 6. The van der Waals surface area contributed by atoms with Gasteiger partial charge >= 0.3 is 0 Å². The van der Waals surface area contributed by atoms with Crippen LogP contribution in [0.2, 0.25) is 10.0 Å². The van der Waals surface area contributed by atoms with E-state index >= 15 is 0 Å². The Morgan fingerprint density at radius 1 is 1.36 bits per heavy atom. The highest BCUT2D eigenvalue weighted by Crippen LogP contribution is 2.28. The predicted octanol–water partition coefficient (Wildman–Crippen LogP) is 4.77. The van der Waals surface area contributed by atoms with Gasteiger partial charge in [0.1, 0.15) is 5.75 Å². The van der Waals surface area contributed by atoms with E-state index in [0.29, 0.717) is 22.3 Å². The Balaban J connectivity index is 1.78. The van der Waals surface area contributed by atoms with Crippen LogP contribution >= 0.6 is 23.2 Å². The molecule has 0 radical (unpaired) electrons. The summed E-state index contributed by atoms with van der Waals surface area (Å²) in [6.07, 6.45) is 7.47. The first-order chi connectivity index (χ1) is 10.6. The van der Waals surface area contributed by atoms with Gasteiger partial charge in [0.25, 0.3) is 5.91 Å². The van der Waals surface area contributed by atoms with Gasteiger partial charge in [-0.2, -0.15) is 0 Å². The number of allylic oxidation sites excluding steroid dienone is 1. The third-order valence-corrected chi connectivity index (χ3v) is 4.23. The lowest BCUT2D eigenvalue weighted by Crippen LogP contribution is -2.37. The highest BCUT2D eigenvalue weighted by molar-refractivity contribution is 6.35. The van der Waals surface area contributed by atoms with Crippen molar-refractivity contribution in [2.45, 2.75) is 45.1 Å². The lowest BCUT2D eigenvalue weighted by Gasteiger charge is -2.17. The maximum Gasteiger partial charge on any atom is 0.260 e. The van der Waals surface area contributed by atoms with E-state index in [9.17, 15) is 4.79 Å². The van der Waals surface area contributed by atoms with E-state index in [1.54, 1.807) is 25.1 Å². The summed E-state index contributed by atoms with van der Waals surface area (Å²) >= 11 is 11.9. The summed E-state index contributed by atoms with van der Waals surface area (Å²) in [5, 5.41) is 3.85. The topological polar surface area (TPSA) is 38.3 Å². The molecule has 0 spiro atoms. The minimum absolute atomic E-state index is 0.137. The smallest absolute Gasteiger partial charge is 0.260 e. The lowest BCUT2D eigenvalue weighted by molar-refractivity contribution is -0.127. The van der Waals surface area contributed by atoms with Crippen LogP contribution in [0, 0.1) is 0 Å². The van der Waals surface area contributed by atoms with E-state index in [4.69, 9.17) is 27.9 Å². The molecule has 1 aliphatic carbocycles. The van der Waals surface area contributed by atoms with E-state index in [1.807, 2.05) is 0 Å². The third-order valence-electron chi connectivity index (χ3n) is 3.70. The Labute approximate surface area is 141 Å². The molecule has 5 heteroatoms. The van der Waals surface area contributed by atoms with Crippen molar-refractivity contribution < 1.29 is 9.53 Å². The van der Waals surface area contributed by atoms with Crippen LogP contribution in [0.1, 0.15) is 39.0 Å². The van der Waals surface area contributed by atoms with E-state index in [2.05, 4.69) is 11.4 Å². The second-order valence-electron chi connectivity index (χ2n) is 5.48. The average Bonchev–Trinajstić information content (AvgIpc) is 2.51. The molecule has 0 aromatic heterocycles. The van der Waals surface area contributed by atoms with Gasteiger partial charge in [-0.3, -0.25) is 4.79 Å². The molecule has 1 amide bonds. The SMILES string of the molecule is C[C@H](Oc1ccc(Cl)cc1Cl)C(=O)NCCC1=CCCCC1. The first-order valence-electron chi connectivity index (χ1n) is 7.63. The Bertz CT molecular complexity index is 558. The molecule has 1 atom stereocenters. The fourth-order valence-electron chi connectivity index (χ4n) is 2.44. The van der Waals surface area contributed by atoms with Crippen LogP contribution in [0.5, 0.6) is 5.75 Å². The molecule has 1 aromatic carbocycles. The number of benzene rings is 1. The predicted molar refractivity (Wildman–Crippen MR) is 90.7 cm³/mol. The Morgan fingerprint density at radius 3 is 2.86 bits per heavy atom. The van der Waals surface area contributed by atoms with Crippen LogP contribution in [0.25, 0.3) is 0 Å². The standard InChI is InChI=1S/C17H21Cl2NO2/c1-12(22-16-8-7-14(18)11-15(16)19)17(21)20-10-9-13-5-3-2-4-6-13/h5,7-8,11-12H,2-4,6,9-10H2,1H3,(H,20,21)/t12-/m0/s1. The van der Waals surface area contributed by atoms with Crippen molar-refractivity contribution in [2.75, 3.05) is 6.54 Å². The summed E-state index contributed by atoms with van der Waals surface area (Å²) in [6, 6.07) is 4.95. The van der Waals surface area contributed by atoms with E-state index in [-0.39, 0.29) is 5.91 Å². The number of carbonyl (C=O) groups is 1. The molecule has 2 rings (SSSR count). The number of carbonyl (C=O) groups excluding carboxylic acids is 1. The van der Waals surface area contributed by atoms with Crippen molar-refractivity contribution in [1.82, 2.24) is 5.32 Å². The van der Waals surface area contributed by atoms with Crippen LogP contribution in [-0.2, 0) is 4.79 Å². The van der Waals surface area contributed by atoms with Crippen LogP contribution in [0.4, 0.5) is 0 Å². The van der Waals surface area contributed by atoms with Gasteiger partial charge in [-0.1, -0.05) is 34.9 Å². The summed E-state index contributed by atoms with van der Waals surface area (Å²) in [4.78, 5) is 12.0. The molecule has 0 saturated heterocycles. The maximum absolute atomic E-state index is 12.0. The largest absolute Gasteiger partial charge is 0.479 e. The van der Waals surface area contributed by atoms with Crippen molar-refractivity contribution in [3.63, 3.8) is 0 Å². The van der Waals surface area contributed by atoms with Crippen LogP contribution in [0.3, 0.4) is 0 Å². The van der Waals surface area contributed by atoms with Crippen molar-refractivity contribution in [2.24, 2.45) is 0 Å². The number of ether oxygens (including phenoxy) is 1. The first-order valence-corrected chi connectivity index (χ1v) is 8.39. The molecule has 1 aliphatic rings. The highest BCUT2D eigenvalue weighted by Gasteiger charge is 2.16. The number of amides is 1. The van der Waals surface area contributed by atoms with Crippen molar-refractivity contribution in [1.29, 1.82) is 0 Å². The maximum atomic E-state index is 12.0. The van der Waals surface area contributed by atoms with E-state index < -0.39 is 6.10 Å². The summed E-state index contributed by atoms with van der Waals surface area (Å²) < 4.78 is 5.59. The van der Waals surface area contributed by atoms with Gasteiger partial charge in [-0.05, 0) is 57.2 Å². The van der Waals surface area contributed by atoms with Crippen molar-refractivity contribution in [3.05, 3.63) is 39.9 Å². The first kappa shape index (κ1) is 17.2. The zero-order valence-corrected chi connectivity index (χ0v) is 14.2. The van der Waals surface area contributed by atoms with E-state index in [0.717, 1.165) is 19.3 Å². The molecule has 0 unspecified atom stereocenters. The molecule has 22 heavy (non-hydrogen) atoms. The molecule has 0 bridgehead atoms. The minimum Gasteiger partial charge on any atom is -0.479 e. The van der Waals surface area contributed by atoms with Gasteiger partial charge in [0.2, 0.25) is 0 Å². The van der Waals surface area contributed by atoms with Crippen molar-refractivity contribution in [3.8, 4) is 5.75 Å². The molecule has 1 N–H and O–H groups in total. The van der Waals surface area contributed by atoms with Gasteiger partial charge in [-0.25, -0.2) is 0 Å². The summed E-state index contributed by atoms with van der Waals surface area (Å²) in [6.45, 7) is 2.35. The molecule has 0 aliphatic heterocycles. The Hall–Kier alpha value is -1.19. The van der Waals surface area contributed by atoms with Crippen LogP contribution in [-0.4, -0.2) is 18.6 Å². The van der Waals surface area contributed by atoms with E-state index in [1.165, 1.54) is 18.4 Å². The zero-order valence-electron chi connectivity index (χ0n) is 12.7. The second-order valence-corrected chi connectivity index (χ2v) is 6.33. The fraction of sp³-hybridized carbons (Fsp3) is 0.471. The van der Waals surface area contributed by atoms with Gasteiger partial charge in [0, 0.05) is 11.6 Å². The van der Waals surface area contributed by atoms with Crippen LogP contribution in [0.15, 0.2) is 29.8 Å². The molecule has 0 heterocycles. The molecule has 0 fully saturated rings. The fourth-order valence-corrected chi connectivity index (χ4v) is 2.89. The number of hydrogen-bond acceptors (Lipinski definition) is 2. The highest BCUT2D eigenvalue weighted by atomic mass is 35.5. The number of nitrogens with one attached hydrogen (secondary N) is 1. The lowest BCUT2D eigenvalue weighted by atomic mass is 9.97. The molecule has 3 nitrogen and oxygen atoms in total. The second kappa shape index (κ2) is 8.44. The molecule has 1 aromatic rings. The number of halogens is 2. The monoisotopic (exact) mass is 341 g/mol. The Morgan fingerprint density at radius 2 is 2.18 bits per heavy atom. The minimum atomic E-state index is -0.598. The molecule has 120 valence electrons. The summed E-state index contributed by atoms with van der Waals surface area (Å²) in [5.41, 5.74) is 1.45.